The first-order chi connectivity index (χ1) is 18.6. The highest BCUT2D eigenvalue weighted by atomic mass is 16.6. The van der Waals surface area contributed by atoms with E-state index in [4.69, 9.17) is 9.47 Å². The molecule has 206 valence electrons. The zero-order chi connectivity index (χ0) is 28.5. The van der Waals surface area contributed by atoms with Gasteiger partial charge >= 0.3 is 17.9 Å². The Kier molecular flexibility index (Phi) is 9.57. The van der Waals surface area contributed by atoms with E-state index in [2.05, 4.69) is 15.6 Å². The van der Waals surface area contributed by atoms with Gasteiger partial charge in [-0.2, -0.15) is 0 Å². The average molecular weight is 540 g/mol. The summed E-state index contributed by atoms with van der Waals surface area (Å²) in [5, 5.41) is 26.4. The molecule has 0 spiro atoms. The topological polar surface area (TPSA) is 175 Å². The molecule has 0 bridgehead atoms. The number of esters is 1. The maximum absolute atomic E-state index is 12.9. The summed E-state index contributed by atoms with van der Waals surface area (Å²) in [7, 11) is 0. The molecule has 3 rings (SSSR count). The fourth-order valence-corrected chi connectivity index (χ4v) is 3.61. The molecule has 13 heteroatoms. The number of anilines is 1. The van der Waals surface area contributed by atoms with E-state index < -0.39 is 28.9 Å². The van der Waals surface area contributed by atoms with Crippen molar-refractivity contribution in [3.63, 3.8) is 0 Å². The van der Waals surface area contributed by atoms with Crippen LogP contribution in [-0.2, 0) is 27.4 Å². The van der Waals surface area contributed by atoms with Crippen molar-refractivity contribution in [3.05, 3.63) is 81.8 Å². The van der Waals surface area contributed by atoms with Crippen LogP contribution in [0.1, 0.15) is 35.6 Å². The van der Waals surface area contributed by atoms with Crippen LogP contribution in [0.2, 0.25) is 0 Å². The summed E-state index contributed by atoms with van der Waals surface area (Å²) in [5.41, 5.74) is 0.747. The van der Waals surface area contributed by atoms with Gasteiger partial charge in [0.05, 0.1) is 0 Å². The maximum Gasteiger partial charge on any atom is 0.408 e. The van der Waals surface area contributed by atoms with Gasteiger partial charge in [0.25, 0.3) is 0 Å². The van der Waals surface area contributed by atoms with Crippen LogP contribution in [0.5, 0.6) is 5.75 Å². The summed E-state index contributed by atoms with van der Waals surface area (Å²) in [5.74, 6) is -2.00. The highest BCUT2D eigenvalue weighted by Gasteiger charge is 2.26. The Balaban J connectivity index is 1.60. The molecule has 1 atom stereocenters. The van der Waals surface area contributed by atoms with Gasteiger partial charge < -0.3 is 35.3 Å². The number of phenols is 1. The summed E-state index contributed by atoms with van der Waals surface area (Å²) in [6, 6.07) is 11.9. The molecule has 3 aromatic rings. The van der Waals surface area contributed by atoms with E-state index in [-0.39, 0.29) is 48.5 Å². The van der Waals surface area contributed by atoms with Crippen molar-refractivity contribution < 1.29 is 33.9 Å². The minimum Gasteiger partial charge on any atom is -0.507 e. The lowest BCUT2D eigenvalue weighted by molar-refractivity contribution is -0.392. The lowest BCUT2D eigenvalue weighted by Gasteiger charge is -2.21. The predicted molar refractivity (Wildman–Crippen MR) is 139 cm³/mol. The first-order valence-electron chi connectivity index (χ1n) is 12.0. The van der Waals surface area contributed by atoms with Crippen molar-refractivity contribution in [1.29, 1.82) is 0 Å². The molecule has 1 heterocycles. The van der Waals surface area contributed by atoms with Crippen molar-refractivity contribution in [1.82, 2.24) is 14.9 Å². The van der Waals surface area contributed by atoms with Gasteiger partial charge in [0, 0.05) is 12.6 Å². The molecule has 0 radical (unpaired) electrons. The number of imidazole rings is 1. The second-order valence-electron chi connectivity index (χ2n) is 8.86. The Morgan fingerprint density at radius 2 is 1.85 bits per heavy atom. The Bertz CT molecular complexity index is 1340. The number of ether oxygens (including phenoxy) is 2. The van der Waals surface area contributed by atoms with Gasteiger partial charge in [-0.25, -0.2) is 19.1 Å². The van der Waals surface area contributed by atoms with E-state index in [0.29, 0.717) is 5.82 Å². The number of carbonyl (C=O) groups is 3. The van der Waals surface area contributed by atoms with Gasteiger partial charge in [0.15, 0.2) is 5.82 Å². The first-order valence-corrected chi connectivity index (χ1v) is 12.0. The van der Waals surface area contributed by atoms with Gasteiger partial charge in [-0.15, -0.1) is 0 Å². The Labute approximate surface area is 223 Å². The number of alkyl carbamates (subject to hydrolysis) is 1. The minimum atomic E-state index is -0.952. The number of nitro groups is 1. The third-order valence-electron chi connectivity index (χ3n) is 5.69. The molecular weight excluding hydrogens is 510 g/mol. The highest BCUT2D eigenvalue weighted by molar-refractivity contribution is 5.99. The number of aromatic hydroxyl groups is 1. The summed E-state index contributed by atoms with van der Waals surface area (Å²) in [4.78, 5) is 52.2. The van der Waals surface area contributed by atoms with Crippen LogP contribution in [0.4, 0.5) is 16.3 Å². The Morgan fingerprint density at radius 3 is 2.51 bits per heavy atom. The number of rotatable bonds is 11. The van der Waals surface area contributed by atoms with E-state index in [1.54, 1.807) is 32.9 Å². The number of phenolic OH excluding ortho intramolecular Hbond substituents is 1. The molecule has 0 aliphatic carbocycles. The molecule has 0 unspecified atom stereocenters. The summed E-state index contributed by atoms with van der Waals surface area (Å²) in [6.07, 6.45) is 0.341. The number of carbonyl (C=O) groups excluding carboxylic acids is 3. The van der Waals surface area contributed by atoms with Gasteiger partial charge in [-0.05, 0) is 34.6 Å². The summed E-state index contributed by atoms with van der Waals surface area (Å²) >= 11 is 0. The molecule has 0 aliphatic rings. The van der Waals surface area contributed by atoms with Gasteiger partial charge in [-0.1, -0.05) is 44.2 Å². The normalized spacial score (nSPS) is 11.5. The van der Waals surface area contributed by atoms with E-state index in [1.165, 1.54) is 22.8 Å². The smallest absolute Gasteiger partial charge is 0.408 e. The second-order valence-corrected chi connectivity index (χ2v) is 8.86. The monoisotopic (exact) mass is 539 g/mol. The molecular formula is C26H29N5O8. The molecule has 0 aliphatic heterocycles. The average Bonchev–Trinajstić information content (AvgIpc) is 3.27. The Morgan fingerprint density at radius 1 is 1.13 bits per heavy atom. The number of aryl methyl sites for hydroxylation is 1. The SMILES string of the molecule is Cc1ncc([N+](=O)[O-])n1CCOC(=O)c1cc(NC(=O)[C@@H](NC(=O)OCc2ccccc2)C(C)C)ccc1O. The van der Waals surface area contributed by atoms with Crippen LogP contribution < -0.4 is 10.6 Å². The standard InChI is InChI=1S/C26H29N5O8/c1-16(2)23(29-26(35)39-15-18-7-5-4-6-8-18)24(33)28-19-9-10-21(32)20(13-19)25(34)38-12-11-30-17(3)27-14-22(30)31(36)37/h4-10,13-14,16,23,32H,11-12,15H2,1-3H3,(H,28,33)(H,29,35)/t23-/m0/s1. The molecule has 2 amide bonds. The largest absolute Gasteiger partial charge is 0.507 e. The summed E-state index contributed by atoms with van der Waals surface area (Å²) in [6.45, 7) is 4.86. The maximum atomic E-state index is 12.9. The van der Waals surface area contributed by atoms with Crippen LogP contribution in [-0.4, -0.2) is 50.2 Å². The quantitative estimate of drug-likeness (QED) is 0.142. The lowest BCUT2D eigenvalue weighted by Crippen LogP contribution is -2.47. The number of nitrogens with zero attached hydrogens (tertiary/aromatic N) is 3. The van der Waals surface area contributed by atoms with Gasteiger partial charge in [-0.3, -0.25) is 4.79 Å². The number of nitrogens with one attached hydrogen (secondary N) is 2. The number of hydrogen-bond donors (Lipinski definition) is 3. The number of benzene rings is 2. The predicted octanol–water partition coefficient (Wildman–Crippen LogP) is 3.55. The van der Waals surface area contributed by atoms with Gasteiger partial charge in [0.1, 0.15) is 43.3 Å². The zero-order valence-electron chi connectivity index (χ0n) is 21.6. The minimum absolute atomic E-state index is 0.0206. The fraction of sp³-hybridized carbons (Fsp3) is 0.308. The molecule has 2 aromatic carbocycles. The molecule has 13 nitrogen and oxygen atoms in total. The second kappa shape index (κ2) is 13.0. The van der Waals surface area contributed by atoms with Crippen molar-refractivity contribution in [2.45, 2.75) is 40.0 Å². The van der Waals surface area contributed by atoms with E-state index in [1.807, 2.05) is 18.2 Å². The number of aromatic nitrogens is 2. The van der Waals surface area contributed by atoms with Crippen molar-refractivity contribution in [3.8, 4) is 5.75 Å². The fourth-order valence-electron chi connectivity index (χ4n) is 3.61. The van der Waals surface area contributed by atoms with Crippen molar-refractivity contribution in [2.24, 2.45) is 5.92 Å². The molecule has 0 saturated heterocycles. The third kappa shape index (κ3) is 7.77. The molecule has 3 N–H and O–H groups in total. The van der Waals surface area contributed by atoms with Crippen LogP contribution in [0.15, 0.2) is 54.7 Å². The molecule has 0 saturated carbocycles. The van der Waals surface area contributed by atoms with Gasteiger partial charge in [0.2, 0.25) is 5.91 Å². The highest BCUT2D eigenvalue weighted by Crippen LogP contribution is 2.23. The van der Waals surface area contributed by atoms with Crippen LogP contribution >= 0.6 is 0 Å². The number of amides is 2. The van der Waals surface area contributed by atoms with Crippen LogP contribution in [0.3, 0.4) is 0 Å². The van der Waals surface area contributed by atoms with Crippen molar-refractivity contribution >= 4 is 29.5 Å². The van der Waals surface area contributed by atoms with E-state index >= 15 is 0 Å². The summed E-state index contributed by atoms with van der Waals surface area (Å²) < 4.78 is 11.7. The van der Waals surface area contributed by atoms with Crippen molar-refractivity contribution in [2.75, 3.05) is 11.9 Å². The Hall–Kier alpha value is -4.94. The van der Waals surface area contributed by atoms with Crippen LogP contribution in [0, 0.1) is 23.0 Å². The first kappa shape index (κ1) is 28.6. The molecule has 39 heavy (non-hydrogen) atoms. The lowest BCUT2D eigenvalue weighted by atomic mass is 10.0. The third-order valence-corrected chi connectivity index (χ3v) is 5.69. The zero-order valence-corrected chi connectivity index (χ0v) is 21.6. The number of hydrogen-bond acceptors (Lipinski definition) is 9. The van der Waals surface area contributed by atoms with E-state index in [9.17, 15) is 29.6 Å². The van der Waals surface area contributed by atoms with E-state index in [0.717, 1.165) is 11.8 Å². The van der Waals surface area contributed by atoms with Crippen LogP contribution in [0.25, 0.3) is 0 Å². The molecule has 0 fully saturated rings. The molecule has 1 aromatic heterocycles.